The van der Waals surface area contributed by atoms with Crippen LogP contribution in [-0.2, 0) is 5.41 Å². The third kappa shape index (κ3) is 4.74. The standard InChI is InChI=1S/C23H26N4O/c1-15-9-8-10-17(13-15)25-22-24-16(2)14-20(27-22)21(28)26-19-12-7-6-11-18(19)23(3,4)5/h6-14H,1-5H3,(H,26,28)(H,24,25,27). The van der Waals surface area contributed by atoms with Crippen molar-refractivity contribution in [1.82, 2.24) is 9.97 Å². The molecule has 144 valence electrons. The number of carbonyl (C=O) groups excluding carboxylic acids is 1. The Hall–Kier alpha value is -3.21. The monoisotopic (exact) mass is 374 g/mol. The molecule has 0 radical (unpaired) electrons. The van der Waals surface area contributed by atoms with Gasteiger partial charge in [-0.25, -0.2) is 9.97 Å². The highest BCUT2D eigenvalue weighted by Gasteiger charge is 2.19. The summed E-state index contributed by atoms with van der Waals surface area (Å²) in [6, 6.07) is 17.5. The molecule has 0 fully saturated rings. The fourth-order valence-electron chi connectivity index (χ4n) is 3.03. The molecular formula is C23H26N4O. The molecule has 0 aliphatic carbocycles. The summed E-state index contributed by atoms with van der Waals surface area (Å²) in [6.07, 6.45) is 0. The largest absolute Gasteiger partial charge is 0.324 e. The maximum atomic E-state index is 12.9. The van der Waals surface area contributed by atoms with Crippen LogP contribution in [0.4, 0.5) is 17.3 Å². The minimum Gasteiger partial charge on any atom is -0.324 e. The summed E-state index contributed by atoms with van der Waals surface area (Å²) in [5.74, 6) is 0.148. The molecule has 0 saturated carbocycles. The molecule has 0 unspecified atom stereocenters. The van der Waals surface area contributed by atoms with Crippen molar-refractivity contribution in [3.63, 3.8) is 0 Å². The summed E-state index contributed by atoms with van der Waals surface area (Å²) >= 11 is 0. The minimum atomic E-state index is -0.255. The molecule has 1 heterocycles. The highest BCUT2D eigenvalue weighted by atomic mass is 16.1. The van der Waals surface area contributed by atoms with Crippen LogP contribution in [0.25, 0.3) is 0 Å². The van der Waals surface area contributed by atoms with Gasteiger partial charge in [0.25, 0.3) is 5.91 Å². The second kappa shape index (κ2) is 7.80. The summed E-state index contributed by atoms with van der Waals surface area (Å²) in [7, 11) is 0. The zero-order chi connectivity index (χ0) is 20.3. The molecule has 1 aromatic heterocycles. The first kappa shape index (κ1) is 19.5. The predicted molar refractivity (Wildman–Crippen MR) is 114 cm³/mol. The fourth-order valence-corrected chi connectivity index (χ4v) is 3.03. The van der Waals surface area contributed by atoms with Gasteiger partial charge in [-0.3, -0.25) is 4.79 Å². The number of aromatic nitrogens is 2. The maximum Gasteiger partial charge on any atom is 0.274 e. The minimum absolute atomic E-state index is 0.0800. The van der Waals surface area contributed by atoms with Crippen LogP contribution in [-0.4, -0.2) is 15.9 Å². The average Bonchev–Trinajstić information content (AvgIpc) is 2.61. The smallest absolute Gasteiger partial charge is 0.274 e. The van der Waals surface area contributed by atoms with Crippen molar-refractivity contribution >= 4 is 23.2 Å². The molecule has 0 saturated heterocycles. The van der Waals surface area contributed by atoms with E-state index < -0.39 is 0 Å². The van der Waals surface area contributed by atoms with E-state index in [2.05, 4.69) is 41.4 Å². The van der Waals surface area contributed by atoms with Gasteiger partial charge in [-0.05, 0) is 54.7 Å². The summed E-state index contributed by atoms with van der Waals surface area (Å²) in [4.78, 5) is 21.7. The zero-order valence-electron chi connectivity index (χ0n) is 17.0. The first-order valence-corrected chi connectivity index (χ1v) is 9.32. The van der Waals surface area contributed by atoms with Gasteiger partial charge in [0, 0.05) is 17.1 Å². The van der Waals surface area contributed by atoms with Crippen LogP contribution in [0.15, 0.2) is 54.6 Å². The molecule has 2 N–H and O–H groups in total. The Morgan fingerprint density at radius 3 is 2.39 bits per heavy atom. The highest BCUT2D eigenvalue weighted by molar-refractivity contribution is 6.03. The van der Waals surface area contributed by atoms with Crippen molar-refractivity contribution in [2.45, 2.75) is 40.0 Å². The Labute approximate surface area is 166 Å². The predicted octanol–water partition coefficient (Wildman–Crippen LogP) is 5.39. The van der Waals surface area contributed by atoms with Gasteiger partial charge in [-0.15, -0.1) is 0 Å². The highest BCUT2D eigenvalue weighted by Crippen LogP contribution is 2.29. The van der Waals surface area contributed by atoms with Gasteiger partial charge in [0.15, 0.2) is 0 Å². The number of hydrogen-bond acceptors (Lipinski definition) is 4. The number of amides is 1. The van der Waals surface area contributed by atoms with E-state index in [0.29, 0.717) is 11.6 Å². The summed E-state index contributed by atoms with van der Waals surface area (Å²) in [6.45, 7) is 10.2. The van der Waals surface area contributed by atoms with Gasteiger partial charge in [-0.2, -0.15) is 0 Å². The van der Waals surface area contributed by atoms with Gasteiger partial charge >= 0.3 is 0 Å². The van der Waals surface area contributed by atoms with Crippen LogP contribution >= 0.6 is 0 Å². The molecule has 5 heteroatoms. The SMILES string of the molecule is Cc1cccc(Nc2nc(C)cc(C(=O)Nc3ccccc3C(C)(C)C)n2)c1. The third-order valence-corrected chi connectivity index (χ3v) is 4.34. The normalized spacial score (nSPS) is 11.2. The van der Waals surface area contributed by atoms with Crippen molar-refractivity contribution < 1.29 is 4.79 Å². The number of para-hydroxylation sites is 1. The number of nitrogens with zero attached hydrogens (tertiary/aromatic N) is 2. The fraction of sp³-hybridized carbons (Fsp3) is 0.261. The lowest BCUT2D eigenvalue weighted by Crippen LogP contribution is -2.20. The molecule has 0 bridgehead atoms. The number of aryl methyl sites for hydroxylation is 2. The lowest BCUT2D eigenvalue weighted by Gasteiger charge is -2.23. The summed E-state index contributed by atoms with van der Waals surface area (Å²) in [5.41, 5.74) is 4.86. The van der Waals surface area contributed by atoms with Crippen LogP contribution in [0, 0.1) is 13.8 Å². The number of benzene rings is 2. The van der Waals surface area contributed by atoms with Crippen molar-refractivity contribution in [2.75, 3.05) is 10.6 Å². The van der Waals surface area contributed by atoms with Crippen LogP contribution in [0.1, 0.15) is 48.1 Å². The summed E-state index contributed by atoms with van der Waals surface area (Å²) < 4.78 is 0. The van der Waals surface area contributed by atoms with Crippen molar-refractivity contribution in [3.05, 3.63) is 77.1 Å². The Morgan fingerprint density at radius 1 is 0.929 bits per heavy atom. The molecule has 0 aliphatic heterocycles. The third-order valence-electron chi connectivity index (χ3n) is 4.34. The van der Waals surface area contributed by atoms with E-state index in [1.54, 1.807) is 6.07 Å². The average molecular weight is 374 g/mol. The van der Waals surface area contributed by atoms with E-state index in [1.165, 1.54) is 0 Å². The molecule has 2 aromatic carbocycles. The molecule has 0 aliphatic rings. The summed E-state index contributed by atoms with van der Waals surface area (Å²) in [5, 5.41) is 6.18. The van der Waals surface area contributed by atoms with E-state index in [4.69, 9.17) is 0 Å². The van der Waals surface area contributed by atoms with E-state index >= 15 is 0 Å². The first-order valence-electron chi connectivity index (χ1n) is 9.32. The maximum absolute atomic E-state index is 12.9. The van der Waals surface area contributed by atoms with Gasteiger partial charge in [0.2, 0.25) is 5.95 Å². The molecule has 3 aromatic rings. The van der Waals surface area contributed by atoms with E-state index in [-0.39, 0.29) is 11.3 Å². The van der Waals surface area contributed by atoms with Gasteiger partial charge < -0.3 is 10.6 Å². The zero-order valence-corrected chi connectivity index (χ0v) is 17.0. The van der Waals surface area contributed by atoms with Gasteiger partial charge in [0.1, 0.15) is 5.69 Å². The molecule has 28 heavy (non-hydrogen) atoms. The van der Waals surface area contributed by atoms with Crippen molar-refractivity contribution in [3.8, 4) is 0 Å². The quantitative estimate of drug-likeness (QED) is 0.643. The van der Waals surface area contributed by atoms with Crippen LogP contribution in [0.5, 0.6) is 0 Å². The number of nitrogens with one attached hydrogen (secondary N) is 2. The topological polar surface area (TPSA) is 66.9 Å². The molecule has 0 atom stereocenters. The lowest BCUT2D eigenvalue weighted by atomic mass is 9.86. The number of rotatable bonds is 4. The Balaban J connectivity index is 1.86. The molecule has 3 rings (SSSR count). The van der Waals surface area contributed by atoms with Crippen LogP contribution in [0.3, 0.4) is 0 Å². The lowest BCUT2D eigenvalue weighted by molar-refractivity contribution is 0.102. The molecular weight excluding hydrogens is 348 g/mol. The molecule has 5 nitrogen and oxygen atoms in total. The number of carbonyl (C=O) groups is 1. The second-order valence-corrected chi connectivity index (χ2v) is 7.96. The number of anilines is 3. The Morgan fingerprint density at radius 2 is 1.68 bits per heavy atom. The molecule has 0 spiro atoms. The van der Waals surface area contributed by atoms with E-state index in [0.717, 1.165) is 28.2 Å². The van der Waals surface area contributed by atoms with E-state index in [1.807, 2.05) is 62.4 Å². The Kier molecular flexibility index (Phi) is 5.45. The van der Waals surface area contributed by atoms with Gasteiger partial charge in [0.05, 0.1) is 0 Å². The van der Waals surface area contributed by atoms with Gasteiger partial charge in [-0.1, -0.05) is 51.1 Å². The van der Waals surface area contributed by atoms with E-state index in [9.17, 15) is 4.79 Å². The van der Waals surface area contributed by atoms with Crippen molar-refractivity contribution in [2.24, 2.45) is 0 Å². The van der Waals surface area contributed by atoms with Crippen LogP contribution < -0.4 is 10.6 Å². The van der Waals surface area contributed by atoms with Crippen LogP contribution in [0.2, 0.25) is 0 Å². The number of hydrogen-bond donors (Lipinski definition) is 2. The van der Waals surface area contributed by atoms with Crippen molar-refractivity contribution in [1.29, 1.82) is 0 Å². The first-order chi connectivity index (χ1) is 13.2. The second-order valence-electron chi connectivity index (χ2n) is 7.96. The Bertz CT molecular complexity index is 1010. The molecule has 1 amide bonds.